The van der Waals surface area contributed by atoms with E-state index >= 15 is 0 Å². The Morgan fingerprint density at radius 3 is 2.14 bits per heavy atom. The summed E-state index contributed by atoms with van der Waals surface area (Å²) >= 11 is 0. The first-order valence-corrected chi connectivity index (χ1v) is 10.4. The van der Waals surface area contributed by atoms with Crippen LogP contribution < -0.4 is 14.9 Å². The molecule has 146 valence electrons. The van der Waals surface area contributed by atoms with Gasteiger partial charge in [-0.3, -0.25) is 0 Å². The third-order valence-electron chi connectivity index (χ3n) is 4.71. The summed E-state index contributed by atoms with van der Waals surface area (Å²) in [6.07, 6.45) is 1.85. The SMILES string of the molecule is Cc1ccn(-c2ccc(N3CCN(c4ccccc4S(N)(=O)=O)CC3)nn2)n1. The van der Waals surface area contributed by atoms with E-state index in [4.69, 9.17) is 5.14 Å². The van der Waals surface area contributed by atoms with Crippen LogP contribution in [0, 0.1) is 6.92 Å². The monoisotopic (exact) mass is 399 g/mol. The molecule has 3 aromatic rings. The number of anilines is 2. The van der Waals surface area contributed by atoms with Gasteiger partial charge < -0.3 is 9.80 Å². The molecule has 2 aromatic heterocycles. The highest BCUT2D eigenvalue weighted by Gasteiger charge is 2.23. The Kier molecular flexibility index (Phi) is 4.73. The van der Waals surface area contributed by atoms with Crippen LogP contribution in [-0.4, -0.2) is 54.6 Å². The minimum absolute atomic E-state index is 0.155. The molecular formula is C18H21N7O2S. The first-order chi connectivity index (χ1) is 13.4. The Hall–Kier alpha value is -2.98. The quantitative estimate of drug-likeness (QED) is 0.695. The smallest absolute Gasteiger partial charge is 0.240 e. The van der Waals surface area contributed by atoms with Crippen LogP contribution in [0.4, 0.5) is 11.5 Å². The third-order valence-corrected chi connectivity index (χ3v) is 5.67. The summed E-state index contributed by atoms with van der Waals surface area (Å²) in [5.74, 6) is 1.45. The summed E-state index contributed by atoms with van der Waals surface area (Å²) in [6.45, 7) is 4.65. The highest BCUT2D eigenvalue weighted by Crippen LogP contribution is 2.26. The Labute approximate surface area is 163 Å². The number of primary sulfonamides is 1. The molecule has 28 heavy (non-hydrogen) atoms. The maximum absolute atomic E-state index is 11.8. The fourth-order valence-electron chi connectivity index (χ4n) is 3.29. The van der Waals surface area contributed by atoms with Crippen LogP contribution in [-0.2, 0) is 10.0 Å². The van der Waals surface area contributed by atoms with Gasteiger partial charge in [-0.1, -0.05) is 12.1 Å². The van der Waals surface area contributed by atoms with Gasteiger partial charge in [0.05, 0.1) is 11.4 Å². The molecule has 10 heteroatoms. The second-order valence-corrected chi connectivity index (χ2v) is 8.17. The van der Waals surface area contributed by atoms with E-state index in [0.29, 0.717) is 37.7 Å². The van der Waals surface area contributed by atoms with Gasteiger partial charge in [0.25, 0.3) is 0 Å². The molecule has 1 aliphatic rings. The average molecular weight is 399 g/mol. The van der Waals surface area contributed by atoms with Crippen LogP contribution in [0.1, 0.15) is 5.69 Å². The molecule has 1 aromatic carbocycles. The third kappa shape index (κ3) is 3.69. The standard InChI is InChI=1S/C18H21N7O2S/c1-14-8-9-25(22-14)18-7-6-17(20-21-18)24-12-10-23(11-13-24)15-4-2-3-5-16(15)28(19,26)27/h2-9H,10-13H2,1H3,(H2,19,26,27). The highest BCUT2D eigenvalue weighted by atomic mass is 32.2. The minimum Gasteiger partial charge on any atom is -0.367 e. The van der Waals surface area contributed by atoms with Crippen molar-refractivity contribution < 1.29 is 8.42 Å². The minimum atomic E-state index is -3.76. The molecule has 0 radical (unpaired) electrons. The summed E-state index contributed by atoms with van der Waals surface area (Å²) in [4.78, 5) is 4.31. The topological polar surface area (TPSA) is 110 Å². The number of hydrogen-bond donors (Lipinski definition) is 1. The van der Waals surface area contributed by atoms with E-state index in [1.807, 2.05) is 42.3 Å². The van der Waals surface area contributed by atoms with Gasteiger partial charge in [-0.05, 0) is 37.3 Å². The number of para-hydroxylation sites is 1. The van der Waals surface area contributed by atoms with Crippen molar-refractivity contribution in [3.8, 4) is 5.82 Å². The molecule has 0 spiro atoms. The lowest BCUT2D eigenvalue weighted by molar-refractivity contribution is 0.595. The number of nitrogens with zero attached hydrogens (tertiary/aromatic N) is 6. The first-order valence-electron chi connectivity index (χ1n) is 8.90. The van der Waals surface area contributed by atoms with Crippen LogP contribution in [0.25, 0.3) is 5.82 Å². The second kappa shape index (κ2) is 7.21. The molecule has 0 aliphatic carbocycles. The van der Waals surface area contributed by atoms with Gasteiger partial charge in [0, 0.05) is 32.4 Å². The number of nitrogens with two attached hydrogens (primary N) is 1. The zero-order valence-electron chi connectivity index (χ0n) is 15.4. The molecule has 0 unspecified atom stereocenters. The van der Waals surface area contributed by atoms with Crippen molar-refractivity contribution in [1.29, 1.82) is 0 Å². The van der Waals surface area contributed by atoms with Gasteiger partial charge >= 0.3 is 0 Å². The Morgan fingerprint density at radius 1 is 0.893 bits per heavy atom. The number of piperazine rings is 1. The molecular weight excluding hydrogens is 378 g/mol. The number of benzene rings is 1. The summed E-state index contributed by atoms with van der Waals surface area (Å²) in [7, 11) is -3.76. The maximum atomic E-state index is 11.8. The van der Waals surface area contributed by atoms with Gasteiger partial charge in [0.15, 0.2) is 11.6 Å². The molecule has 3 heterocycles. The number of sulfonamides is 1. The molecule has 0 bridgehead atoms. The van der Waals surface area contributed by atoms with Crippen molar-refractivity contribution in [2.24, 2.45) is 5.14 Å². The van der Waals surface area contributed by atoms with Crippen molar-refractivity contribution in [1.82, 2.24) is 20.0 Å². The molecule has 0 amide bonds. The van der Waals surface area contributed by atoms with Crippen molar-refractivity contribution in [2.75, 3.05) is 36.0 Å². The van der Waals surface area contributed by atoms with E-state index in [0.717, 1.165) is 11.5 Å². The average Bonchev–Trinajstić information content (AvgIpc) is 3.14. The van der Waals surface area contributed by atoms with E-state index in [1.165, 1.54) is 6.07 Å². The van der Waals surface area contributed by atoms with Gasteiger partial charge in [0.2, 0.25) is 10.0 Å². The fraction of sp³-hybridized carbons (Fsp3) is 0.278. The number of aryl methyl sites for hydroxylation is 1. The van der Waals surface area contributed by atoms with E-state index in [9.17, 15) is 8.42 Å². The summed E-state index contributed by atoms with van der Waals surface area (Å²) in [5, 5.41) is 18.3. The van der Waals surface area contributed by atoms with Crippen LogP contribution in [0.3, 0.4) is 0 Å². The van der Waals surface area contributed by atoms with Crippen LogP contribution in [0.15, 0.2) is 53.6 Å². The van der Waals surface area contributed by atoms with Crippen LogP contribution >= 0.6 is 0 Å². The van der Waals surface area contributed by atoms with Crippen molar-refractivity contribution >= 4 is 21.5 Å². The van der Waals surface area contributed by atoms with Crippen LogP contribution in [0.2, 0.25) is 0 Å². The number of hydrogen-bond acceptors (Lipinski definition) is 7. The molecule has 1 aliphatic heterocycles. The van der Waals surface area contributed by atoms with E-state index in [-0.39, 0.29) is 4.90 Å². The summed E-state index contributed by atoms with van der Waals surface area (Å²) < 4.78 is 25.4. The fourth-order valence-corrected chi connectivity index (χ4v) is 4.04. The van der Waals surface area contributed by atoms with Gasteiger partial charge in [-0.15, -0.1) is 10.2 Å². The predicted molar refractivity (Wildman–Crippen MR) is 106 cm³/mol. The van der Waals surface area contributed by atoms with Crippen molar-refractivity contribution in [3.63, 3.8) is 0 Å². The van der Waals surface area contributed by atoms with E-state index in [2.05, 4.69) is 20.2 Å². The van der Waals surface area contributed by atoms with Gasteiger partial charge in [0.1, 0.15) is 4.90 Å². The second-order valence-electron chi connectivity index (χ2n) is 6.64. The molecule has 9 nitrogen and oxygen atoms in total. The molecule has 0 atom stereocenters. The lowest BCUT2D eigenvalue weighted by atomic mass is 10.2. The Balaban J connectivity index is 1.46. The molecule has 4 rings (SSSR count). The lowest BCUT2D eigenvalue weighted by Crippen LogP contribution is -2.47. The zero-order valence-corrected chi connectivity index (χ0v) is 16.2. The Morgan fingerprint density at radius 2 is 1.54 bits per heavy atom. The number of aromatic nitrogens is 4. The highest BCUT2D eigenvalue weighted by molar-refractivity contribution is 7.89. The normalized spacial score (nSPS) is 15.1. The van der Waals surface area contributed by atoms with Crippen molar-refractivity contribution in [2.45, 2.75) is 11.8 Å². The van der Waals surface area contributed by atoms with Crippen molar-refractivity contribution in [3.05, 3.63) is 54.4 Å². The zero-order chi connectivity index (χ0) is 19.7. The Bertz CT molecular complexity index is 1070. The van der Waals surface area contributed by atoms with Gasteiger partial charge in [-0.2, -0.15) is 5.10 Å². The molecule has 0 saturated carbocycles. The summed E-state index contributed by atoms with van der Waals surface area (Å²) in [6, 6.07) is 12.5. The first kappa shape index (κ1) is 18.4. The predicted octanol–water partition coefficient (Wildman–Crippen LogP) is 0.945. The molecule has 1 fully saturated rings. The van der Waals surface area contributed by atoms with E-state index in [1.54, 1.807) is 16.8 Å². The summed E-state index contributed by atoms with van der Waals surface area (Å²) in [5.41, 5.74) is 1.56. The maximum Gasteiger partial charge on any atom is 0.240 e. The number of rotatable bonds is 4. The van der Waals surface area contributed by atoms with E-state index < -0.39 is 10.0 Å². The molecule has 2 N–H and O–H groups in total. The molecule has 1 saturated heterocycles. The van der Waals surface area contributed by atoms with Crippen LogP contribution in [0.5, 0.6) is 0 Å². The largest absolute Gasteiger partial charge is 0.367 e. The van der Waals surface area contributed by atoms with Gasteiger partial charge in [-0.25, -0.2) is 18.2 Å². The lowest BCUT2D eigenvalue weighted by Gasteiger charge is -2.37.